The highest BCUT2D eigenvalue weighted by Gasteiger charge is 2.20. The third kappa shape index (κ3) is 5.60. The summed E-state index contributed by atoms with van der Waals surface area (Å²) in [5.41, 5.74) is 0.802. The number of piperazine rings is 1. The topological polar surface area (TPSA) is 72.9 Å². The summed E-state index contributed by atoms with van der Waals surface area (Å²) in [4.78, 5) is 26.6. The van der Waals surface area contributed by atoms with Crippen molar-refractivity contribution in [2.45, 2.75) is 0 Å². The predicted molar refractivity (Wildman–Crippen MR) is 88.3 cm³/mol. The maximum absolute atomic E-state index is 12.0. The lowest BCUT2D eigenvalue weighted by atomic mass is 10.3. The molecule has 6 nitrogen and oxygen atoms in total. The molecular weight excluding hydrogens is 385 g/mol. The van der Waals surface area contributed by atoms with Crippen molar-refractivity contribution in [3.63, 3.8) is 0 Å². The average molecular weight is 403 g/mol. The first-order valence-corrected chi connectivity index (χ1v) is 7.83. The summed E-state index contributed by atoms with van der Waals surface area (Å²) in [7, 11) is 0. The van der Waals surface area contributed by atoms with E-state index >= 15 is 0 Å². The van der Waals surface area contributed by atoms with E-state index in [1.54, 1.807) is 0 Å². The Kier molecular flexibility index (Phi) is 5.95. The van der Waals surface area contributed by atoms with Crippen LogP contribution in [-0.4, -0.2) is 66.1 Å². The van der Waals surface area contributed by atoms with Crippen molar-refractivity contribution < 1.29 is 14.7 Å². The molecule has 1 fully saturated rings. The number of aliphatic carboxylic acids is 1. The van der Waals surface area contributed by atoms with E-state index in [4.69, 9.17) is 5.11 Å². The summed E-state index contributed by atoms with van der Waals surface area (Å²) >= 11 is 2.20. The number of hydrogen-bond acceptors (Lipinski definition) is 4. The van der Waals surface area contributed by atoms with E-state index in [9.17, 15) is 9.59 Å². The van der Waals surface area contributed by atoms with Crippen LogP contribution in [0.3, 0.4) is 0 Å². The lowest BCUT2D eigenvalue weighted by molar-refractivity contribution is -0.139. The third-order valence-corrected chi connectivity index (χ3v) is 3.97. The zero-order valence-electron chi connectivity index (χ0n) is 11.6. The van der Waals surface area contributed by atoms with Crippen molar-refractivity contribution in [3.8, 4) is 0 Å². The van der Waals surface area contributed by atoms with E-state index in [1.807, 2.05) is 34.1 Å². The van der Waals surface area contributed by atoms with E-state index in [1.165, 1.54) is 0 Å². The van der Waals surface area contributed by atoms with Gasteiger partial charge in [0.2, 0.25) is 5.91 Å². The van der Waals surface area contributed by atoms with Crippen molar-refractivity contribution in [2.24, 2.45) is 0 Å². The number of anilines is 1. The van der Waals surface area contributed by atoms with Crippen LogP contribution in [0, 0.1) is 3.57 Å². The number of hydrogen-bond donors (Lipinski definition) is 2. The lowest BCUT2D eigenvalue weighted by Gasteiger charge is -2.33. The molecule has 114 valence electrons. The minimum absolute atomic E-state index is 0.0383. The highest BCUT2D eigenvalue weighted by molar-refractivity contribution is 14.1. The normalized spacial score (nSPS) is 16.6. The highest BCUT2D eigenvalue weighted by atomic mass is 127. The summed E-state index contributed by atoms with van der Waals surface area (Å²) < 4.78 is 1.08. The highest BCUT2D eigenvalue weighted by Crippen LogP contribution is 2.12. The van der Waals surface area contributed by atoms with Crippen molar-refractivity contribution in [3.05, 3.63) is 27.8 Å². The summed E-state index contributed by atoms with van der Waals surface area (Å²) in [6, 6.07) is 7.66. The maximum atomic E-state index is 12.0. The molecule has 0 atom stereocenters. The van der Waals surface area contributed by atoms with Crippen LogP contribution in [0.4, 0.5) is 5.69 Å². The van der Waals surface area contributed by atoms with Gasteiger partial charge in [0.05, 0.1) is 13.1 Å². The van der Waals surface area contributed by atoms with Gasteiger partial charge in [-0.05, 0) is 40.8 Å². The quantitative estimate of drug-likeness (QED) is 0.716. The summed E-state index contributed by atoms with van der Waals surface area (Å²) in [6.07, 6.45) is 0. The van der Waals surface area contributed by atoms with Crippen LogP contribution in [0.25, 0.3) is 0 Å². The number of nitrogens with one attached hydrogen (secondary N) is 1. The minimum Gasteiger partial charge on any atom is -0.480 e. The standard InChI is InChI=1S/C14H18IN3O3/c15-11-2-1-3-12(8-11)16-13(19)9-17-4-6-18(7-5-17)10-14(20)21/h1-3,8H,4-7,9-10H2,(H,16,19)(H,20,21). The molecule has 0 radical (unpaired) electrons. The van der Waals surface area contributed by atoms with Crippen LogP contribution < -0.4 is 5.32 Å². The molecule has 1 saturated heterocycles. The fraction of sp³-hybridized carbons (Fsp3) is 0.429. The predicted octanol–water partition coefficient (Wildman–Crippen LogP) is 0.932. The molecule has 2 rings (SSSR count). The zero-order chi connectivity index (χ0) is 15.2. The molecule has 1 amide bonds. The van der Waals surface area contributed by atoms with E-state index in [0.717, 1.165) is 9.26 Å². The number of halogens is 1. The van der Waals surface area contributed by atoms with Gasteiger partial charge >= 0.3 is 5.97 Å². The van der Waals surface area contributed by atoms with Crippen LogP contribution in [0.2, 0.25) is 0 Å². The van der Waals surface area contributed by atoms with Crippen molar-refractivity contribution in [1.82, 2.24) is 9.80 Å². The first-order chi connectivity index (χ1) is 10.0. The molecular formula is C14H18IN3O3. The van der Waals surface area contributed by atoms with Gasteiger partial charge in [-0.2, -0.15) is 0 Å². The third-order valence-electron chi connectivity index (χ3n) is 3.30. The molecule has 1 aromatic rings. The lowest BCUT2D eigenvalue weighted by Crippen LogP contribution is -2.49. The molecule has 0 bridgehead atoms. The molecule has 1 heterocycles. The maximum Gasteiger partial charge on any atom is 0.317 e. The Hall–Kier alpha value is -1.19. The van der Waals surface area contributed by atoms with E-state index in [2.05, 4.69) is 27.9 Å². The fourth-order valence-electron chi connectivity index (χ4n) is 2.27. The molecule has 1 aliphatic heterocycles. The van der Waals surface area contributed by atoms with Crippen LogP contribution >= 0.6 is 22.6 Å². The van der Waals surface area contributed by atoms with Crippen LogP contribution in [0.5, 0.6) is 0 Å². The largest absolute Gasteiger partial charge is 0.480 e. The van der Waals surface area contributed by atoms with Gasteiger partial charge in [0, 0.05) is 35.4 Å². The second kappa shape index (κ2) is 7.71. The summed E-state index contributed by atoms with van der Waals surface area (Å²) in [5, 5.41) is 11.6. The second-order valence-corrected chi connectivity index (χ2v) is 6.25. The van der Waals surface area contributed by atoms with Crippen LogP contribution in [0.1, 0.15) is 0 Å². The number of nitrogens with zero attached hydrogens (tertiary/aromatic N) is 2. The Balaban J connectivity index is 1.75. The van der Waals surface area contributed by atoms with Gasteiger partial charge in [-0.15, -0.1) is 0 Å². The molecule has 21 heavy (non-hydrogen) atoms. The van der Waals surface area contributed by atoms with Crippen molar-refractivity contribution in [2.75, 3.05) is 44.6 Å². The Morgan fingerprint density at radius 2 is 1.76 bits per heavy atom. The van der Waals surface area contributed by atoms with Gasteiger partial charge in [0.1, 0.15) is 0 Å². The number of carboxylic acid groups (broad SMARTS) is 1. The second-order valence-electron chi connectivity index (χ2n) is 5.00. The molecule has 1 aliphatic rings. The number of carbonyl (C=O) groups is 2. The van der Waals surface area contributed by atoms with Gasteiger partial charge < -0.3 is 10.4 Å². The first-order valence-electron chi connectivity index (χ1n) is 6.75. The number of rotatable bonds is 5. The van der Waals surface area contributed by atoms with Gasteiger partial charge in [-0.25, -0.2) is 0 Å². The Labute approximate surface area is 137 Å². The number of carboxylic acids is 1. The van der Waals surface area contributed by atoms with Crippen LogP contribution in [-0.2, 0) is 9.59 Å². The Morgan fingerprint density at radius 3 is 2.33 bits per heavy atom. The number of benzene rings is 1. The fourth-order valence-corrected chi connectivity index (χ4v) is 2.81. The Bertz CT molecular complexity index is 516. The minimum atomic E-state index is -0.806. The van der Waals surface area contributed by atoms with E-state index in [0.29, 0.717) is 32.7 Å². The van der Waals surface area contributed by atoms with Gasteiger partial charge in [0.25, 0.3) is 0 Å². The zero-order valence-corrected chi connectivity index (χ0v) is 13.7. The SMILES string of the molecule is O=C(O)CN1CCN(CC(=O)Nc2cccc(I)c2)CC1. The molecule has 2 N–H and O–H groups in total. The van der Waals surface area contributed by atoms with E-state index in [-0.39, 0.29) is 12.5 Å². The van der Waals surface area contributed by atoms with Crippen LogP contribution in [0.15, 0.2) is 24.3 Å². The summed E-state index contributed by atoms with van der Waals surface area (Å²) in [6.45, 7) is 3.21. The van der Waals surface area contributed by atoms with Crippen molar-refractivity contribution >= 4 is 40.2 Å². The monoisotopic (exact) mass is 403 g/mol. The molecule has 0 aliphatic carbocycles. The molecule has 0 unspecified atom stereocenters. The Morgan fingerprint density at radius 1 is 1.14 bits per heavy atom. The van der Waals surface area contributed by atoms with Gasteiger partial charge in [-0.1, -0.05) is 6.07 Å². The van der Waals surface area contributed by atoms with Gasteiger partial charge in [0.15, 0.2) is 0 Å². The van der Waals surface area contributed by atoms with E-state index < -0.39 is 5.97 Å². The number of carbonyl (C=O) groups excluding carboxylic acids is 1. The first kappa shape index (κ1) is 16.2. The average Bonchev–Trinajstić information content (AvgIpc) is 2.40. The molecule has 7 heteroatoms. The van der Waals surface area contributed by atoms with Crippen molar-refractivity contribution in [1.29, 1.82) is 0 Å². The summed E-state index contributed by atoms with van der Waals surface area (Å²) in [5.74, 6) is -0.844. The molecule has 1 aromatic carbocycles. The molecule has 0 saturated carbocycles. The molecule has 0 spiro atoms. The smallest absolute Gasteiger partial charge is 0.317 e. The van der Waals surface area contributed by atoms with Gasteiger partial charge in [-0.3, -0.25) is 19.4 Å². The molecule has 0 aromatic heterocycles. The number of amides is 1.